The normalized spacial score (nSPS) is 24.2. The first-order valence-electron chi connectivity index (χ1n) is 7.26. The minimum atomic E-state index is -0.283. The number of amides is 2. The molecule has 0 saturated heterocycles. The summed E-state index contributed by atoms with van der Waals surface area (Å²) >= 11 is 0. The molecule has 4 rings (SSSR count). The number of aliphatic imine (C=N–C) groups is 1. The van der Waals surface area contributed by atoms with Crippen LogP contribution in [0.25, 0.3) is 0 Å². The minimum absolute atomic E-state index is 0.237. The summed E-state index contributed by atoms with van der Waals surface area (Å²) in [4.78, 5) is 17.7. The Kier molecular flexibility index (Phi) is 2.77. The van der Waals surface area contributed by atoms with Crippen LogP contribution in [0.1, 0.15) is 24.4 Å². The number of carbonyl (C=O) groups excluding carboxylic acids is 1. The number of urea groups is 1. The molecule has 6 heteroatoms. The van der Waals surface area contributed by atoms with Crippen molar-refractivity contribution in [2.24, 2.45) is 16.6 Å². The van der Waals surface area contributed by atoms with Crippen LogP contribution in [0.5, 0.6) is 11.5 Å². The van der Waals surface area contributed by atoms with E-state index in [0.717, 1.165) is 17.9 Å². The lowest BCUT2D eigenvalue weighted by atomic mass is 10.0. The third kappa shape index (κ3) is 2.20. The van der Waals surface area contributed by atoms with Crippen molar-refractivity contribution in [2.45, 2.75) is 18.9 Å². The number of fused-ring (bicyclic) bond motifs is 1. The van der Waals surface area contributed by atoms with Crippen molar-refractivity contribution >= 4 is 11.9 Å². The molecule has 1 unspecified atom stereocenters. The average molecular weight is 287 g/mol. The van der Waals surface area contributed by atoms with Gasteiger partial charge in [0.25, 0.3) is 0 Å². The van der Waals surface area contributed by atoms with E-state index in [0.29, 0.717) is 30.7 Å². The quantitative estimate of drug-likeness (QED) is 0.918. The minimum Gasteiger partial charge on any atom is -0.486 e. The smallest absolute Gasteiger partial charge is 0.346 e. The van der Waals surface area contributed by atoms with Gasteiger partial charge in [-0.2, -0.15) is 4.99 Å². The first-order valence-corrected chi connectivity index (χ1v) is 7.26. The van der Waals surface area contributed by atoms with E-state index in [-0.39, 0.29) is 12.1 Å². The lowest BCUT2D eigenvalue weighted by Crippen LogP contribution is -2.34. The Morgan fingerprint density at radius 1 is 1.24 bits per heavy atom. The Balaban J connectivity index is 1.66. The number of nitrogens with two attached hydrogens (primary N) is 1. The van der Waals surface area contributed by atoms with Gasteiger partial charge in [-0.05, 0) is 36.5 Å². The highest BCUT2D eigenvalue weighted by molar-refractivity contribution is 6.03. The number of hydrogen-bond acceptors (Lipinski definition) is 4. The molecule has 2 aliphatic heterocycles. The second-order valence-electron chi connectivity index (χ2n) is 5.72. The van der Waals surface area contributed by atoms with Crippen LogP contribution in [0.3, 0.4) is 0 Å². The van der Waals surface area contributed by atoms with Crippen molar-refractivity contribution in [2.75, 3.05) is 19.8 Å². The van der Waals surface area contributed by atoms with Crippen LogP contribution in [-0.2, 0) is 0 Å². The van der Waals surface area contributed by atoms with Crippen molar-refractivity contribution in [3.63, 3.8) is 0 Å². The number of benzene rings is 1. The lowest BCUT2D eigenvalue weighted by molar-refractivity contribution is 0.171. The van der Waals surface area contributed by atoms with Gasteiger partial charge in [-0.1, -0.05) is 6.07 Å². The van der Waals surface area contributed by atoms with Gasteiger partial charge >= 0.3 is 6.03 Å². The molecule has 2 N–H and O–H groups in total. The summed E-state index contributed by atoms with van der Waals surface area (Å²) in [5, 5.41) is 0. The molecule has 2 heterocycles. The summed E-state index contributed by atoms with van der Waals surface area (Å²) < 4.78 is 11.1. The van der Waals surface area contributed by atoms with Gasteiger partial charge in [0.05, 0.1) is 0 Å². The molecule has 1 aromatic carbocycles. The fourth-order valence-corrected chi connectivity index (χ4v) is 2.85. The zero-order valence-electron chi connectivity index (χ0n) is 11.6. The Morgan fingerprint density at radius 2 is 2.00 bits per heavy atom. The molecule has 3 aliphatic rings. The summed E-state index contributed by atoms with van der Waals surface area (Å²) in [6.07, 6.45) is 2.36. The maximum Gasteiger partial charge on any atom is 0.346 e. The van der Waals surface area contributed by atoms with Gasteiger partial charge in [-0.25, -0.2) is 4.79 Å². The van der Waals surface area contributed by atoms with E-state index < -0.39 is 0 Å². The Hall–Kier alpha value is -2.24. The number of amidine groups is 1. The van der Waals surface area contributed by atoms with E-state index >= 15 is 0 Å². The van der Waals surface area contributed by atoms with Crippen molar-refractivity contribution in [3.8, 4) is 11.5 Å². The molecule has 0 radical (unpaired) electrons. The predicted molar refractivity (Wildman–Crippen MR) is 76.6 cm³/mol. The molecular formula is C15H17N3O3. The maximum atomic E-state index is 12.0. The predicted octanol–water partition coefficient (Wildman–Crippen LogP) is 1.70. The Labute approximate surface area is 122 Å². The molecule has 6 nitrogen and oxygen atoms in total. The molecule has 1 atom stereocenters. The van der Waals surface area contributed by atoms with Gasteiger partial charge in [0, 0.05) is 6.54 Å². The molecule has 1 saturated carbocycles. The number of carbonyl (C=O) groups is 1. The molecule has 21 heavy (non-hydrogen) atoms. The SMILES string of the molecule is NC1=NC(=O)N(CC2CC2)C1c1ccc2c(c1)OCCO2. The van der Waals surface area contributed by atoms with Crippen LogP contribution >= 0.6 is 0 Å². The van der Waals surface area contributed by atoms with Crippen LogP contribution in [-0.4, -0.2) is 36.5 Å². The van der Waals surface area contributed by atoms with E-state index in [1.54, 1.807) is 4.90 Å². The van der Waals surface area contributed by atoms with Crippen LogP contribution in [0, 0.1) is 5.92 Å². The van der Waals surface area contributed by atoms with E-state index in [2.05, 4.69) is 4.99 Å². The first kappa shape index (κ1) is 12.5. The number of hydrogen-bond donors (Lipinski definition) is 1. The van der Waals surface area contributed by atoms with E-state index in [1.807, 2.05) is 18.2 Å². The number of rotatable bonds is 3. The van der Waals surface area contributed by atoms with Crippen molar-refractivity contribution in [1.82, 2.24) is 4.90 Å². The summed E-state index contributed by atoms with van der Waals surface area (Å²) in [5.74, 6) is 2.39. The fraction of sp³-hybridized carbons (Fsp3) is 0.467. The van der Waals surface area contributed by atoms with E-state index in [9.17, 15) is 4.79 Å². The summed E-state index contributed by atoms with van der Waals surface area (Å²) in [5.41, 5.74) is 6.90. The largest absolute Gasteiger partial charge is 0.486 e. The Bertz CT molecular complexity index is 625. The zero-order chi connectivity index (χ0) is 14.4. The molecule has 0 bridgehead atoms. The molecule has 0 spiro atoms. The van der Waals surface area contributed by atoms with Crippen molar-refractivity contribution in [1.29, 1.82) is 0 Å². The van der Waals surface area contributed by atoms with Gasteiger partial charge in [-0.3, -0.25) is 0 Å². The molecule has 2 amide bonds. The van der Waals surface area contributed by atoms with Gasteiger partial charge in [0.2, 0.25) is 0 Å². The van der Waals surface area contributed by atoms with Crippen molar-refractivity contribution < 1.29 is 14.3 Å². The van der Waals surface area contributed by atoms with Gasteiger partial charge in [-0.15, -0.1) is 0 Å². The molecule has 1 aliphatic carbocycles. The van der Waals surface area contributed by atoms with Gasteiger partial charge in [0.1, 0.15) is 25.1 Å². The standard InChI is InChI=1S/C15H17N3O3/c16-14-13(18(15(19)17-14)8-9-1-2-9)10-3-4-11-12(7-10)21-6-5-20-11/h3-4,7,9,13H,1-2,5-6,8H2,(H2,16,17,19). The maximum absolute atomic E-state index is 12.0. The zero-order valence-corrected chi connectivity index (χ0v) is 11.6. The second-order valence-corrected chi connectivity index (χ2v) is 5.72. The van der Waals surface area contributed by atoms with Crippen molar-refractivity contribution in [3.05, 3.63) is 23.8 Å². The van der Waals surface area contributed by atoms with E-state index in [4.69, 9.17) is 15.2 Å². The lowest BCUT2D eigenvalue weighted by Gasteiger charge is -2.26. The average Bonchev–Trinajstić information content (AvgIpc) is 3.25. The fourth-order valence-electron chi connectivity index (χ4n) is 2.85. The van der Waals surface area contributed by atoms with Crippen LogP contribution < -0.4 is 15.2 Å². The van der Waals surface area contributed by atoms with Crippen LogP contribution in [0.15, 0.2) is 23.2 Å². The molecule has 1 fully saturated rings. The second kappa shape index (κ2) is 4.65. The van der Waals surface area contributed by atoms with Crippen LogP contribution in [0.4, 0.5) is 4.79 Å². The number of ether oxygens (including phenoxy) is 2. The summed E-state index contributed by atoms with van der Waals surface area (Å²) in [6, 6.07) is 5.18. The number of nitrogens with zero attached hydrogens (tertiary/aromatic N) is 2. The monoisotopic (exact) mass is 287 g/mol. The van der Waals surface area contributed by atoms with Gasteiger partial charge < -0.3 is 20.1 Å². The summed E-state index contributed by atoms with van der Waals surface area (Å²) in [7, 11) is 0. The third-order valence-corrected chi connectivity index (χ3v) is 4.10. The molecule has 110 valence electrons. The molecule has 0 aromatic heterocycles. The van der Waals surface area contributed by atoms with Crippen LogP contribution in [0.2, 0.25) is 0 Å². The molecular weight excluding hydrogens is 270 g/mol. The molecule has 1 aromatic rings. The van der Waals surface area contributed by atoms with Gasteiger partial charge in [0.15, 0.2) is 11.5 Å². The third-order valence-electron chi connectivity index (χ3n) is 4.10. The summed E-state index contributed by atoms with van der Waals surface area (Å²) in [6.45, 7) is 1.82. The van der Waals surface area contributed by atoms with E-state index in [1.165, 1.54) is 12.8 Å². The highest BCUT2D eigenvalue weighted by atomic mass is 16.6. The Morgan fingerprint density at radius 3 is 2.76 bits per heavy atom. The topological polar surface area (TPSA) is 77.2 Å². The highest BCUT2D eigenvalue weighted by Gasteiger charge is 2.38. The first-order chi connectivity index (χ1) is 10.2. The highest BCUT2D eigenvalue weighted by Crippen LogP contribution is 2.38.